The quantitative estimate of drug-likeness (QED) is 0.663. The molecule has 0 bridgehead atoms. The second kappa shape index (κ2) is 6.70. The smallest absolute Gasteiger partial charge is 0.280 e. The summed E-state index contributed by atoms with van der Waals surface area (Å²) < 4.78 is 14.4. The van der Waals surface area contributed by atoms with Crippen molar-refractivity contribution in [2.75, 3.05) is 11.1 Å². The Hall–Kier alpha value is -3.03. The van der Waals surface area contributed by atoms with Crippen LogP contribution in [0, 0.1) is 5.41 Å². The van der Waals surface area contributed by atoms with Crippen molar-refractivity contribution < 1.29 is 4.39 Å². The molecular formula is C18H21FN6O. The van der Waals surface area contributed by atoms with Gasteiger partial charge in [0, 0.05) is 5.69 Å². The zero-order valence-electron chi connectivity index (χ0n) is 14.9. The Morgan fingerprint density at radius 1 is 1.23 bits per heavy atom. The first-order valence-electron chi connectivity index (χ1n) is 8.23. The van der Waals surface area contributed by atoms with Gasteiger partial charge in [-0.05, 0) is 23.1 Å². The third-order valence-electron chi connectivity index (χ3n) is 3.92. The lowest BCUT2D eigenvalue weighted by Gasteiger charge is -2.24. The number of aromatic nitrogens is 4. The third kappa shape index (κ3) is 3.79. The number of nitrogens with two attached hydrogens (primary N) is 1. The molecule has 0 radical (unpaired) electrons. The summed E-state index contributed by atoms with van der Waals surface area (Å²) >= 11 is 0. The van der Waals surface area contributed by atoms with Crippen LogP contribution in [0.25, 0.3) is 11.2 Å². The molecule has 1 atom stereocenters. The molecule has 136 valence electrons. The van der Waals surface area contributed by atoms with Crippen molar-refractivity contribution in [3.63, 3.8) is 0 Å². The molecule has 0 fully saturated rings. The second-order valence-electron chi connectivity index (χ2n) is 7.19. The molecule has 3 aromatic rings. The highest BCUT2D eigenvalue weighted by atomic mass is 19.1. The molecule has 0 aliphatic heterocycles. The van der Waals surface area contributed by atoms with Gasteiger partial charge in [-0.2, -0.15) is 4.98 Å². The lowest BCUT2D eigenvalue weighted by Crippen LogP contribution is -2.15. The van der Waals surface area contributed by atoms with Gasteiger partial charge in [0.25, 0.3) is 5.56 Å². The molecular weight excluding hydrogens is 335 g/mol. The fraction of sp³-hybridized carbons (Fsp3) is 0.333. The third-order valence-corrected chi connectivity index (χ3v) is 3.92. The van der Waals surface area contributed by atoms with Crippen molar-refractivity contribution in [2.24, 2.45) is 5.41 Å². The maximum Gasteiger partial charge on any atom is 0.280 e. The zero-order valence-corrected chi connectivity index (χ0v) is 14.9. The molecule has 26 heavy (non-hydrogen) atoms. The first-order chi connectivity index (χ1) is 12.2. The molecule has 8 heteroatoms. The Kier molecular flexibility index (Phi) is 4.58. The number of hydrogen-bond donors (Lipinski definition) is 3. The van der Waals surface area contributed by atoms with Crippen molar-refractivity contribution in [2.45, 2.75) is 33.5 Å². The Morgan fingerprint density at radius 3 is 2.58 bits per heavy atom. The first-order valence-corrected chi connectivity index (χ1v) is 8.23. The number of aromatic amines is 1. The average molecular weight is 356 g/mol. The van der Waals surface area contributed by atoms with E-state index >= 15 is 0 Å². The van der Waals surface area contributed by atoms with Gasteiger partial charge in [0.2, 0.25) is 5.95 Å². The fourth-order valence-electron chi connectivity index (χ4n) is 2.52. The summed E-state index contributed by atoms with van der Waals surface area (Å²) in [6.07, 6.45) is 0.502. The summed E-state index contributed by atoms with van der Waals surface area (Å²) in [6, 6.07) is 7.16. The Balaban J connectivity index is 1.73. The fourth-order valence-corrected chi connectivity index (χ4v) is 2.52. The minimum absolute atomic E-state index is 0.00388. The standard InChI is InChI=1S/C18H21FN6O/c1-18(2,3)14(19)10-4-6-11(7-5-10)21-8-12-9-22-15-13(23-12)16(26)25-17(20)24-15/h4-7,9,14,21H,8H2,1-3H3,(H3,20,22,24,25,26). The molecule has 3 rings (SSSR count). The molecule has 0 aliphatic carbocycles. The number of nitrogens with one attached hydrogen (secondary N) is 2. The molecule has 0 spiro atoms. The van der Waals surface area contributed by atoms with E-state index in [1.807, 2.05) is 32.9 Å². The maximum absolute atomic E-state index is 14.4. The molecule has 7 nitrogen and oxygen atoms in total. The van der Waals surface area contributed by atoms with Crippen LogP contribution in [0.4, 0.5) is 16.0 Å². The average Bonchev–Trinajstić information content (AvgIpc) is 2.59. The van der Waals surface area contributed by atoms with Crippen LogP contribution >= 0.6 is 0 Å². The molecule has 0 saturated carbocycles. The summed E-state index contributed by atoms with van der Waals surface area (Å²) in [5.41, 5.74) is 7.00. The Bertz CT molecular complexity index is 978. The number of nitrogens with zero attached hydrogens (tertiary/aromatic N) is 3. The van der Waals surface area contributed by atoms with Gasteiger partial charge < -0.3 is 11.1 Å². The highest BCUT2D eigenvalue weighted by molar-refractivity contribution is 5.69. The van der Waals surface area contributed by atoms with Gasteiger partial charge in [0.15, 0.2) is 11.2 Å². The lowest BCUT2D eigenvalue weighted by atomic mass is 9.86. The maximum atomic E-state index is 14.4. The molecule has 0 amide bonds. The van der Waals surface area contributed by atoms with Crippen LogP contribution in [-0.4, -0.2) is 19.9 Å². The molecule has 2 aromatic heterocycles. The Labute approximate surface area is 149 Å². The summed E-state index contributed by atoms with van der Waals surface area (Å²) in [5.74, 6) is 0.00388. The van der Waals surface area contributed by atoms with Crippen LogP contribution in [0.3, 0.4) is 0 Å². The van der Waals surface area contributed by atoms with Crippen LogP contribution in [0.1, 0.15) is 38.2 Å². The predicted molar refractivity (Wildman–Crippen MR) is 99.4 cm³/mol. The van der Waals surface area contributed by atoms with E-state index in [0.29, 0.717) is 17.8 Å². The predicted octanol–water partition coefficient (Wildman–Crippen LogP) is 2.96. The summed E-state index contributed by atoms with van der Waals surface area (Å²) in [6.45, 7) is 5.97. The molecule has 0 aliphatic rings. The van der Waals surface area contributed by atoms with E-state index in [4.69, 9.17) is 5.73 Å². The van der Waals surface area contributed by atoms with Gasteiger partial charge in [0.1, 0.15) is 6.17 Å². The number of H-pyrrole nitrogens is 1. The van der Waals surface area contributed by atoms with Crippen molar-refractivity contribution >= 4 is 22.8 Å². The monoisotopic (exact) mass is 356 g/mol. The van der Waals surface area contributed by atoms with Crippen LogP contribution in [0.2, 0.25) is 0 Å². The van der Waals surface area contributed by atoms with E-state index in [-0.39, 0.29) is 17.1 Å². The molecule has 0 saturated heterocycles. The second-order valence-corrected chi connectivity index (χ2v) is 7.19. The van der Waals surface area contributed by atoms with Crippen molar-refractivity contribution in [1.82, 2.24) is 19.9 Å². The largest absolute Gasteiger partial charge is 0.379 e. The summed E-state index contributed by atoms with van der Waals surface area (Å²) in [7, 11) is 0. The first kappa shape index (κ1) is 17.8. The SMILES string of the molecule is CC(C)(C)C(F)c1ccc(NCc2cnc3nc(N)[nH]c(=O)c3n2)cc1. The normalized spacial score (nSPS) is 12.9. The van der Waals surface area contributed by atoms with E-state index in [1.165, 1.54) is 6.20 Å². The van der Waals surface area contributed by atoms with E-state index < -0.39 is 17.1 Å². The van der Waals surface area contributed by atoms with E-state index in [2.05, 4.69) is 25.3 Å². The van der Waals surface area contributed by atoms with Crippen molar-refractivity contribution in [3.05, 3.63) is 52.1 Å². The molecule has 1 unspecified atom stereocenters. The molecule has 2 heterocycles. The molecule has 1 aromatic carbocycles. The molecule has 4 N–H and O–H groups in total. The summed E-state index contributed by atoms with van der Waals surface area (Å²) in [5, 5.41) is 3.18. The van der Waals surface area contributed by atoms with Gasteiger partial charge >= 0.3 is 0 Å². The van der Waals surface area contributed by atoms with Gasteiger partial charge in [0.05, 0.1) is 18.4 Å². The van der Waals surface area contributed by atoms with Gasteiger partial charge in [-0.25, -0.2) is 14.4 Å². The van der Waals surface area contributed by atoms with Crippen LogP contribution in [0.5, 0.6) is 0 Å². The number of halogens is 1. The number of rotatable bonds is 4. The highest BCUT2D eigenvalue weighted by Gasteiger charge is 2.25. The van der Waals surface area contributed by atoms with Crippen molar-refractivity contribution in [1.29, 1.82) is 0 Å². The number of alkyl halides is 1. The highest BCUT2D eigenvalue weighted by Crippen LogP contribution is 2.36. The van der Waals surface area contributed by atoms with Crippen LogP contribution in [0.15, 0.2) is 35.3 Å². The summed E-state index contributed by atoms with van der Waals surface area (Å²) in [4.78, 5) is 26.6. The topological polar surface area (TPSA) is 110 Å². The number of nitrogen functional groups attached to an aromatic ring is 1. The van der Waals surface area contributed by atoms with E-state index in [9.17, 15) is 9.18 Å². The number of anilines is 2. The van der Waals surface area contributed by atoms with Gasteiger partial charge in [-0.1, -0.05) is 32.9 Å². The van der Waals surface area contributed by atoms with E-state index in [1.54, 1.807) is 12.1 Å². The van der Waals surface area contributed by atoms with Gasteiger partial charge in [-0.15, -0.1) is 0 Å². The lowest BCUT2D eigenvalue weighted by molar-refractivity contribution is 0.165. The minimum atomic E-state index is -1.03. The number of fused-ring (bicyclic) bond motifs is 1. The number of benzene rings is 1. The van der Waals surface area contributed by atoms with Crippen molar-refractivity contribution in [3.8, 4) is 0 Å². The van der Waals surface area contributed by atoms with Crippen LogP contribution < -0.4 is 16.6 Å². The zero-order chi connectivity index (χ0) is 18.9. The van der Waals surface area contributed by atoms with Crippen LogP contribution in [-0.2, 0) is 6.54 Å². The number of hydrogen-bond acceptors (Lipinski definition) is 6. The van der Waals surface area contributed by atoms with E-state index in [0.717, 1.165) is 5.69 Å². The Morgan fingerprint density at radius 2 is 1.92 bits per heavy atom. The minimum Gasteiger partial charge on any atom is -0.379 e. The van der Waals surface area contributed by atoms with Gasteiger partial charge in [-0.3, -0.25) is 9.78 Å².